The first-order valence-electron chi connectivity index (χ1n) is 7.65. The molecule has 0 radical (unpaired) electrons. The number of amides is 1. The number of rotatable bonds is 5. The monoisotopic (exact) mass is 366 g/mol. The van der Waals surface area contributed by atoms with E-state index in [2.05, 4.69) is 25.9 Å². The number of carbonyl (C=O) groups excluding carboxylic acids is 1. The molecular weight excluding hydrogens is 352 g/mol. The van der Waals surface area contributed by atoms with Crippen molar-refractivity contribution >= 4 is 28.6 Å². The quantitative estimate of drug-likeness (QED) is 0.556. The van der Waals surface area contributed by atoms with Crippen molar-refractivity contribution in [2.45, 2.75) is 6.54 Å². The zero-order chi connectivity index (χ0) is 17.1. The number of thiophene rings is 2. The fourth-order valence-corrected chi connectivity index (χ4v) is 3.84. The highest BCUT2D eigenvalue weighted by Gasteiger charge is 2.13. The molecule has 1 amide bonds. The van der Waals surface area contributed by atoms with Crippen LogP contribution in [0.1, 0.15) is 16.1 Å². The van der Waals surface area contributed by atoms with Gasteiger partial charge in [-0.3, -0.25) is 14.9 Å². The van der Waals surface area contributed by atoms with Crippen molar-refractivity contribution in [2.24, 2.45) is 0 Å². The number of hydrogen-bond donors (Lipinski definition) is 2. The van der Waals surface area contributed by atoms with E-state index in [4.69, 9.17) is 0 Å². The Labute approximate surface area is 152 Å². The number of nitrogens with zero attached hydrogens (tertiary/aromatic N) is 2. The van der Waals surface area contributed by atoms with Crippen LogP contribution in [0, 0.1) is 0 Å². The lowest BCUT2D eigenvalue weighted by Gasteiger charge is -2.08. The Morgan fingerprint density at radius 1 is 1.20 bits per heavy atom. The first-order chi connectivity index (χ1) is 12.3. The van der Waals surface area contributed by atoms with E-state index in [1.807, 2.05) is 41.1 Å². The highest BCUT2D eigenvalue weighted by atomic mass is 32.1. The third-order valence-corrected chi connectivity index (χ3v) is 5.31. The van der Waals surface area contributed by atoms with Gasteiger partial charge in [0, 0.05) is 23.7 Å². The predicted molar refractivity (Wildman–Crippen MR) is 101 cm³/mol. The van der Waals surface area contributed by atoms with Crippen LogP contribution in [0.15, 0.2) is 58.7 Å². The van der Waals surface area contributed by atoms with E-state index in [1.165, 1.54) is 0 Å². The Kier molecular flexibility index (Phi) is 4.41. The molecule has 4 aromatic rings. The van der Waals surface area contributed by atoms with Gasteiger partial charge in [-0.25, -0.2) is 0 Å². The summed E-state index contributed by atoms with van der Waals surface area (Å²) in [6.45, 7) is 0.402. The van der Waals surface area contributed by atoms with Crippen molar-refractivity contribution in [3.8, 4) is 21.8 Å². The molecule has 0 fully saturated rings. The van der Waals surface area contributed by atoms with Crippen molar-refractivity contribution in [2.75, 3.05) is 0 Å². The minimum Gasteiger partial charge on any atom is -0.346 e. The van der Waals surface area contributed by atoms with E-state index in [0.717, 1.165) is 27.4 Å². The average molecular weight is 366 g/mol. The second-order valence-electron chi connectivity index (χ2n) is 5.35. The van der Waals surface area contributed by atoms with Gasteiger partial charge in [-0.2, -0.15) is 16.4 Å². The Morgan fingerprint density at radius 3 is 2.96 bits per heavy atom. The summed E-state index contributed by atoms with van der Waals surface area (Å²) in [6.07, 6.45) is 1.76. The zero-order valence-electron chi connectivity index (χ0n) is 13.1. The normalized spacial score (nSPS) is 10.7. The van der Waals surface area contributed by atoms with Gasteiger partial charge in [-0.1, -0.05) is 12.1 Å². The van der Waals surface area contributed by atoms with Crippen LogP contribution in [-0.4, -0.2) is 21.1 Å². The van der Waals surface area contributed by atoms with E-state index in [0.29, 0.717) is 12.2 Å². The molecule has 4 rings (SSSR count). The second-order valence-corrected chi connectivity index (χ2v) is 7.08. The third kappa shape index (κ3) is 3.38. The summed E-state index contributed by atoms with van der Waals surface area (Å²) in [4.78, 5) is 17.9. The molecule has 0 spiro atoms. The van der Waals surface area contributed by atoms with Gasteiger partial charge in [0.15, 0.2) is 5.69 Å². The topological polar surface area (TPSA) is 70.7 Å². The number of aromatic nitrogens is 3. The standard InChI is InChI=1S/C18H14N4OS2/c23-18(15-9-14(21-22-15)16-4-2-7-25-16)20-10-12-3-1-6-19-17(12)13-5-8-24-11-13/h1-9,11H,10H2,(H,20,23)(H,21,22). The molecule has 0 bridgehead atoms. The largest absolute Gasteiger partial charge is 0.346 e. The average Bonchev–Trinajstić information content (AvgIpc) is 3.41. The number of hydrogen-bond acceptors (Lipinski definition) is 5. The van der Waals surface area contributed by atoms with Crippen molar-refractivity contribution in [1.82, 2.24) is 20.5 Å². The molecule has 2 N–H and O–H groups in total. The van der Waals surface area contributed by atoms with Gasteiger partial charge in [0.25, 0.3) is 5.91 Å². The molecule has 0 saturated heterocycles. The Balaban J connectivity index is 1.48. The predicted octanol–water partition coefficient (Wildman–Crippen LogP) is 4.19. The van der Waals surface area contributed by atoms with Crippen molar-refractivity contribution in [3.05, 3.63) is 70.0 Å². The van der Waals surface area contributed by atoms with Crippen molar-refractivity contribution < 1.29 is 4.79 Å². The van der Waals surface area contributed by atoms with Gasteiger partial charge in [0.1, 0.15) is 0 Å². The van der Waals surface area contributed by atoms with Gasteiger partial charge >= 0.3 is 0 Å². The maximum atomic E-state index is 12.4. The molecule has 25 heavy (non-hydrogen) atoms. The maximum Gasteiger partial charge on any atom is 0.272 e. The Morgan fingerprint density at radius 2 is 2.16 bits per heavy atom. The van der Waals surface area contributed by atoms with Gasteiger partial charge in [-0.05, 0) is 40.6 Å². The molecule has 0 aliphatic carbocycles. The van der Waals surface area contributed by atoms with Crippen LogP contribution in [0.4, 0.5) is 0 Å². The summed E-state index contributed by atoms with van der Waals surface area (Å²) in [6, 6.07) is 11.6. The van der Waals surface area contributed by atoms with Crippen molar-refractivity contribution in [1.29, 1.82) is 0 Å². The minimum atomic E-state index is -0.209. The first kappa shape index (κ1) is 15.7. The number of aromatic amines is 1. The molecule has 0 aliphatic rings. The second kappa shape index (κ2) is 7.00. The first-order valence-corrected chi connectivity index (χ1v) is 9.47. The summed E-state index contributed by atoms with van der Waals surface area (Å²) >= 11 is 3.23. The van der Waals surface area contributed by atoms with E-state index < -0.39 is 0 Å². The molecule has 0 aliphatic heterocycles. The van der Waals surface area contributed by atoms with Gasteiger partial charge in [0.05, 0.1) is 16.3 Å². The van der Waals surface area contributed by atoms with Crippen LogP contribution < -0.4 is 5.32 Å². The summed E-state index contributed by atoms with van der Waals surface area (Å²) in [5, 5.41) is 16.0. The van der Waals surface area contributed by atoms with Crippen molar-refractivity contribution in [3.63, 3.8) is 0 Å². The number of nitrogens with one attached hydrogen (secondary N) is 2. The lowest BCUT2D eigenvalue weighted by molar-refractivity contribution is 0.0946. The Bertz CT molecular complexity index is 974. The molecule has 4 heterocycles. The van der Waals surface area contributed by atoms with Crippen LogP contribution in [0.3, 0.4) is 0 Å². The Hall–Kier alpha value is -2.77. The van der Waals surface area contributed by atoms with Gasteiger partial charge < -0.3 is 5.32 Å². The van der Waals surface area contributed by atoms with E-state index >= 15 is 0 Å². The van der Waals surface area contributed by atoms with Gasteiger partial charge in [-0.15, -0.1) is 11.3 Å². The van der Waals surface area contributed by atoms with Gasteiger partial charge in [0.2, 0.25) is 0 Å². The van der Waals surface area contributed by atoms with Crippen LogP contribution in [0.5, 0.6) is 0 Å². The lowest BCUT2D eigenvalue weighted by Crippen LogP contribution is -2.23. The van der Waals surface area contributed by atoms with Crippen LogP contribution in [-0.2, 0) is 6.54 Å². The van der Waals surface area contributed by atoms with E-state index in [-0.39, 0.29) is 5.91 Å². The highest BCUT2D eigenvalue weighted by molar-refractivity contribution is 7.13. The zero-order valence-corrected chi connectivity index (χ0v) is 14.7. The summed E-state index contributed by atoms with van der Waals surface area (Å²) in [7, 11) is 0. The molecule has 5 nitrogen and oxygen atoms in total. The molecule has 0 aromatic carbocycles. The SMILES string of the molecule is O=C(NCc1cccnc1-c1ccsc1)c1cc(-c2cccs2)[nH]n1. The molecule has 0 unspecified atom stereocenters. The van der Waals surface area contributed by atoms with Crippen LogP contribution >= 0.6 is 22.7 Å². The molecule has 124 valence electrons. The smallest absolute Gasteiger partial charge is 0.272 e. The maximum absolute atomic E-state index is 12.4. The molecule has 0 saturated carbocycles. The molecular formula is C18H14N4OS2. The number of pyridine rings is 1. The van der Waals surface area contributed by atoms with Crippen LogP contribution in [0.25, 0.3) is 21.8 Å². The molecule has 4 aromatic heterocycles. The highest BCUT2D eigenvalue weighted by Crippen LogP contribution is 2.24. The molecule has 7 heteroatoms. The summed E-state index contributed by atoms with van der Waals surface area (Å²) in [5.41, 5.74) is 4.16. The summed E-state index contributed by atoms with van der Waals surface area (Å²) < 4.78 is 0. The summed E-state index contributed by atoms with van der Waals surface area (Å²) in [5.74, 6) is -0.209. The lowest BCUT2D eigenvalue weighted by atomic mass is 10.1. The fraction of sp³-hybridized carbons (Fsp3) is 0.0556. The molecule has 0 atom stereocenters. The number of H-pyrrole nitrogens is 1. The number of carbonyl (C=O) groups is 1. The third-order valence-electron chi connectivity index (χ3n) is 3.72. The van der Waals surface area contributed by atoms with E-state index in [1.54, 1.807) is 34.9 Å². The minimum absolute atomic E-state index is 0.209. The fourth-order valence-electron chi connectivity index (χ4n) is 2.50. The van der Waals surface area contributed by atoms with Crippen LogP contribution in [0.2, 0.25) is 0 Å². The van der Waals surface area contributed by atoms with E-state index in [9.17, 15) is 4.79 Å².